The van der Waals surface area contributed by atoms with E-state index in [1.807, 2.05) is 18.2 Å². The zero-order valence-corrected chi connectivity index (χ0v) is 14.9. The third-order valence-electron chi connectivity index (χ3n) is 3.79. The standard InChI is InChI=1S/C17H28O3Si/c1-6-11-21(12-7-2,14(3)4)20-17-10-8-9-16(13-17)19-15(5)18/h8-10,13-14H,6-7,11-12H2,1-5H3. The van der Waals surface area contributed by atoms with Crippen LogP contribution in [0.5, 0.6) is 11.5 Å². The van der Waals surface area contributed by atoms with Crippen LogP contribution in [0.1, 0.15) is 47.5 Å². The number of ether oxygens (including phenoxy) is 1. The number of esters is 1. The Hall–Kier alpha value is -1.29. The molecule has 0 heterocycles. The Morgan fingerprint density at radius 2 is 1.71 bits per heavy atom. The van der Waals surface area contributed by atoms with E-state index in [0.29, 0.717) is 11.3 Å². The summed E-state index contributed by atoms with van der Waals surface area (Å²) in [7, 11) is -1.82. The molecular weight excluding hydrogens is 280 g/mol. The first kappa shape index (κ1) is 17.8. The summed E-state index contributed by atoms with van der Waals surface area (Å²) < 4.78 is 11.7. The largest absolute Gasteiger partial charge is 0.543 e. The monoisotopic (exact) mass is 308 g/mol. The molecule has 1 rings (SSSR count). The summed E-state index contributed by atoms with van der Waals surface area (Å²) in [6, 6.07) is 9.78. The highest BCUT2D eigenvalue weighted by atomic mass is 28.4. The molecule has 0 aromatic heterocycles. The van der Waals surface area contributed by atoms with Crippen LogP contribution in [0.25, 0.3) is 0 Å². The fourth-order valence-corrected chi connectivity index (χ4v) is 6.90. The van der Waals surface area contributed by atoms with E-state index in [2.05, 4.69) is 27.7 Å². The average molecular weight is 308 g/mol. The summed E-state index contributed by atoms with van der Waals surface area (Å²) in [6.45, 7) is 10.4. The van der Waals surface area contributed by atoms with E-state index in [-0.39, 0.29) is 5.97 Å². The van der Waals surface area contributed by atoms with E-state index in [1.165, 1.54) is 6.92 Å². The normalized spacial score (nSPS) is 11.5. The van der Waals surface area contributed by atoms with Gasteiger partial charge in [-0.2, -0.15) is 0 Å². The maximum atomic E-state index is 11.1. The first-order valence-corrected chi connectivity index (χ1v) is 10.3. The molecule has 0 unspecified atom stereocenters. The highest BCUT2D eigenvalue weighted by Crippen LogP contribution is 2.35. The summed E-state index contributed by atoms with van der Waals surface area (Å²) in [6.07, 6.45) is 2.29. The lowest BCUT2D eigenvalue weighted by atomic mass is 10.3. The van der Waals surface area contributed by atoms with E-state index in [9.17, 15) is 4.79 Å². The summed E-state index contributed by atoms with van der Waals surface area (Å²) in [5.74, 6) is 1.08. The van der Waals surface area contributed by atoms with Gasteiger partial charge in [0, 0.05) is 13.0 Å². The average Bonchev–Trinajstić information content (AvgIpc) is 2.38. The summed E-state index contributed by atoms with van der Waals surface area (Å²) in [5.41, 5.74) is 0.565. The van der Waals surface area contributed by atoms with Crippen molar-refractivity contribution in [1.82, 2.24) is 0 Å². The van der Waals surface area contributed by atoms with Crippen LogP contribution in [0.2, 0.25) is 17.6 Å². The lowest BCUT2D eigenvalue weighted by Gasteiger charge is -2.35. The van der Waals surface area contributed by atoms with Gasteiger partial charge < -0.3 is 9.16 Å². The molecule has 0 aliphatic heterocycles. The molecule has 0 fully saturated rings. The molecule has 0 atom stereocenters. The van der Waals surface area contributed by atoms with Crippen molar-refractivity contribution in [3.63, 3.8) is 0 Å². The van der Waals surface area contributed by atoms with Gasteiger partial charge in [-0.05, 0) is 29.8 Å². The smallest absolute Gasteiger partial charge is 0.308 e. The van der Waals surface area contributed by atoms with Gasteiger partial charge in [0.2, 0.25) is 0 Å². The lowest BCUT2D eigenvalue weighted by molar-refractivity contribution is -0.131. The van der Waals surface area contributed by atoms with Crippen molar-refractivity contribution >= 4 is 14.3 Å². The van der Waals surface area contributed by atoms with Gasteiger partial charge in [0.05, 0.1) is 0 Å². The van der Waals surface area contributed by atoms with Crippen molar-refractivity contribution in [2.75, 3.05) is 0 Å². The van der Waals surface area contributed by atoms with Crippen molar-refractivity contribution in [1.29, 1.82) is 0 Å². The number of carbonyl (C=O) groups excluding carboxylic acids is 1. The van der Waals surface area contributed by atoms with Crippen LogP contribution >= 0.6 is 0 Å². The lowest BCUT2D eigenvalue weighted by Crippen LogP contribution is -2.44. The van der Waals surface area contributed by atoms with Crippen molar-refractivity contribution in [3.05, 3.63) is 24.3 Å². The predicted molar refractivity (Wildman–Crippen MR) is 89.4 cm³/mol. The van der Waals surface area contributed by atoms with Crippen LogP contribution in [0.15, 0.2) is 24.3 Å². The van der Waals surface area contributed by atoms with E-state index in [0.717, 1.165) is 30.7 Å². The minimum atomic E-state index is -1.82. The van der Waals surface area contributed by atoms with Crippen molar-refractivity contribution < 1.29 is 14.0 Å². The van der Waals surface area contributed by atoms with Gasteiger partial charge in [-0.3, -0.25) is 4.79 Å². The van der Waals surface area contributed by atoms with Crippen LogP contribution < -0.4 is 9.16 Å². The molecule has 4 heteroatoms. The van der Waals surface area contributed by atoms with Crippen LogP contribution in [0, 0.1) is 0 Å². The van der Waals surface area contributed by atoms with Gasteiger partial charge in [0.1, 0.15) is 11.5 Å². The maximum Gasteiger partial charge on any atom is 0.308 e. The Morgan fingerprint density at radius 1 is 1.14 bits per heavy atom. The van der Waals surface area contributed by atoms with Gasteiger partial charge in [0.15, 0.2) is 0 Å². The van der Waals surface area contributed by atoms with Gasteiger partial charge in [0.25, 0.3) is 8.32 Å². The van der Waals surface area contributed by atoms with Crippen LogP contribution in [0.4, 0.5) is 0 Å². The minimum absolute atomic E-state index is 0.304. The number of hydrogen-bond donors (Lipinski definition) is 0. The highest BCUT2D eigenvalue weighted by Gasteiger charge is 2.38. The second-order valence-electron chi connectivity index (χ2n) is 5.89. The molecule has 0 aliphatic rings. The molecule has 1 aromatic carbocycles. The Kier molecular flexibility index (Phi) is 6.95. The summed E-state index contributed by atoms with van der Waals surface area (Å²) in [5, 5.41) is 0. The fraction of sp³-hybridized carbons (Fsp3) is 0.588. The number of carbonyl (C=O) groups is 1. The molecule has 1 aromatic rings. The Bertz CT molecular complexity index is 451. The van der Waals surface area contributed by atoms with Gasteiger partial charge in [-0.25, -0.2) is 0 Å². The zero-order valence-electron chi connectivity index (χ0n) is 13.9. The van der Waals surface area contributed by atoms with Crippen LogP contribution in [-0.2, 0) is 4.79 Å². The zero-order chi connectivity index (χ0) is 15.9. The van der Waals surface area contributed by atoms with E-state index < -0.39 is 8.32 Å². The minimum Gasteiger partial charge on any atom is -0.543 e. The second-order valence-corrected chi connectivity index (χ2v) is 10.4. The Labute approximate surface area is 129 Å². The maximum absolute atomic E-state index is 11.1. The Morgan fingerprint density at radius 3 is 2.19 bits per heavy atom. The van der Waals surface area contributed by atoms with Crippen molar-refractivity contribution in [3.8, 4) is 11.5 Å². The molecule has 0 spiro atoms. The van der Waals surface area contributed by atoms with E-state index in [4.69, 9.17) is 9.16 Å². The number of rotatable bonds is 8. The molecule has 0 bridgehead atoms. The third kappa shape index (κ3) is 5.19. The molecule has 21 heavy (non-hydrogen) atoms. The van der Waals surface area contributed by atoms with Gasteiger partial charge in [-0.1, -0.05) is 46.6 Å². The van der Waals surface area contributed by atoms with Crippen molar-refractivity contribution in [2.45, 2.75) is 65.1 Å². The fourth-order valence-electron chi connectivity index (χ4n) is 2.77. The van der Waals surface area contributed by atoms with Crippen LogP contribution in [0.3, 0.4) is 0 Å². The molecule has 0 radical (unpaired) electrons. The van der Waals surface area contributed by atoms with Gasteiger partial charge >= 0.3 is 5.97 Å². The molecule has 0 amide bonds. The highest BCUT2D eigenvalue weighted by molar-refractivity contribution is 6.75. The summed E-state index contributed by atoms with van der Waals surface area (Å²) in [4.78, 5) is 11.1. The molecule has 0 aliphatic carbocycles. The predicted octanol–water partition coefficient (Wildman–Crippen LogP) is 5.17. The second kappa shape index (κ2) is 8.22. The molecule has 3 nitrogen and oxygen atoms in total. The van der Waals surface area contributed by atoms with E-state index in [1.54, 1.807) is 6.07 Å². The van der Waals surface area contributed by atoms with Gasteiger partial charge in [-0.15, -0.1) is 0 Å². The molecule has 0 saturated heterocycles. The Balaban J connectivity index is 2.99. The molecule has 0 saturated carbocycles. The van der Waals surface area contributed by atoms with Crippen molar-refractivity contribution in [2.24, 2.45) is 0 Å². The summed E-state index contributed by atoms with van der Waals surface area (Å²) >= 11 is 0. The number of benzene rings is 1. The first-order chi connectivity index (χ1) is 9.93. The van der Waals surface area contributed by atoms with Crippen LogP contribution in [-0.4, -0.2) is 14.3 Å². The topological polar surface area (TPSA) is 35.5 Å². The third-order valence-corrected chi connectivity index (χ3v) is 9.23. The quantitative estimate of drug-likeness (QED) is 0.378. The molecule has 118 valence electrons. The van der Waals surface area contributed by atoms with E-state index >= 15 is 0 Å². The SMILES string of the molecule is CCC[Si](CCC)(Oc1cccc(OC(C)=O)c1)C(C)C. The first-order valence-electron chi connectivity index (χ1n) is 7.91. The molecule has 0 N–H and O–H groups in total. The number of hydrogen-bond acceptors (Lipinski definition) is 3. The molecular formula is C17H28O3Si.